The maximum atomic E-state index is 12.7. The molecule has 1 heterocycles. The lowest BCUT2D eigenvalue weighted by atomic mass is 9.83. The lowest BCUT2D eigenvalue weighted by Gasteiger charge is -2.28. The first-order chi connectivity index (χ1) is 12.7. The van der Waals surface area contributed by atoms with Gasteiger partial charge in [0, 0.05) is 12.0 Å². The largest absolute Gasteiger partial charge is 0.464 e. The van der Waals surface area contributed by atoms with E-state index in [-0.39, 0.29) is 30.9 Å². The summed E-state index contributed by atoms with van der Waals surface area (Å²) in [5.41, 5.74) is 0.464. The van der Waals surface area contributed by atoms with Crippen LogP contribution in [0, 0.1) is 0 Å². The van der Waals surface area contributed by atoms with E-state index in [1.165, 1.54) is 12.1 Å². The zero-order chi connectivity index (χ0) is 20.2. The minimum Gasteiger partial charge on any atom is -0.464 e. The summed E-state index contributed by atoms with van der Waals surface area (Å²) in [5.74, 6) is -1.49. The average Bonchev–Trinajstić information content (AvgIpc) is 2.93. The van der Waals surface area contributed by atoms with Crippen LogP contribution in [0.5, 0.6) is 0 Å². The molecule has 1 atom stereocenters. The van der Waals surface area contributed by atoms with Crippen LogP contribution in [-0.4, -0.2) is 36.4 Å². The Morgan fingerprint density at radius 2 is 1.74 bits per heavy atom. The van der Waals surface area contributed by atoms with Gasteiger partial charge >= 0.3 is 18.1 Å². The van der Waals surface area contributed by atoms with E-state index in [1.54, 1.807) is 13.8 Å². The number of hydrogen-bond acceptors (Lipinski definition) is 6. The van der Waals surface area contributed by atoms with Crippen LogP contribution >= 0.6 is 0 Å². The second-order valence-electron chi connectivity index (χ2n) is 5.77. The Balaban J connectivity index is 2.33. The number of carbonyl (C=O) groups is 2. The molecule has 0 amide bonds. The van der Waals surface area contributed by atoms with Gasteiger partial charge in [0.1, 0.15) is 0 Å². The molecule has 1 aliphatic heterocycles. The molecule has 1 unspecified atom stereocenters. The minimum atomic E-state index is -4.47. The molecule has 0 spiro atoms. The Bertz CT molecular complexity index is 772. The van der Waals surface area contributed by atoms with Crippen molar-refractivity contribution in [1.29, 1.82) is 0 Å². The maximum Gasteiger partial charge on any atom is 0.416 e. The Hall–Kier alpha value is -2.84. The first kappa shape index (κ1) is 20.5. The van der Waals surface area contributed by atoms with Gasteiger partial charge in [0.25, 0.3) is 0 Å². The van der Waals surface area contributed by atoms with E-state index in [4.69, 9.17) is 9.47 Å². The summed E-state index contributed by atoms with van der Waals surface area (Å²) in [6.07, 6.45) is -4.57. The van der Waals surface area contributed by atoms with Crippen LogP contribution in [0.25, 0.3) is 0 Å². The zero-order valence-corrected chi connectivity index (χ0v) is 14.9. The lowest BCUT2D eigenvalue weighted by Crippen LogP contribution is -2.52. The van der Waals surface area contributed by atoms with Crippen molar-refractivity contribution in [1.82, 2.24) is 5.43 Å². The summed E-state index contributed by atoms with van der Waals surface area (Å²) in [7, 11) is 0. The number of ether oxygens (including phenoxy) is 2. The number of nitrogens with one attached hydrogen (secondary N) is 1. The highest BCUT2D eigenvalue weighted by Gasteiger charge is 2.50. The van der Waals surface area contributed by atoms with Crippen molar-refractivity contribution in [3.8, 4) is 0 Å². The van der Waals surface area contributed by atoms with Crippen molar-refractivity contribution >= 4 is 17.7 Å². The number of carbonyl (C=O) groups excluding carboxylic acids is 2. The summed E-state index contributed by atoms with van der Waals surface area (Å²) < 4.78 is 48.2. The summed E-state index contributed by atoms with van der Waals surface area (Å²) in [5, 5.41) is 3.86. The Kier molecular flexibility index (Phi) is 5.92. The molecule has 27 heavy (non-hydrogen) atoms. The molecule has 2 rings (SSSR count). The van der Waals surface area contributed by atoms with Crippen molar-refractivity contribution in [3.05, 3.63) is 47.5 Å². The van der Waals surface area contributed by atoms with Gasteiger partial charge in [-0.15, -0.1) is 0 Å². The highest BCUT2D eigenvalue weighted by Crippen LogP contribution is 2.32. The summed E-state index contributed by atoms with van der Waals surface area (Å²) >= 11 is 0. The molecule has 1 aliphatic rings. The van der Waals surface area contributed by atoms with Crippen LogP contribution in [0.3, 0.4) is 0 Å². The highest BCUT2D eigenvalue weighted by atomic mass is 19.4. The topological polar surface area (TPSA) is 77.0 Å². The molecule has 0 aromatic heterocycles. The second kappa shape index (κ2) is 7.81. The minimum absolute atomic E-state index is 0.0410. The first-order valence-corrected chi connectivity index (χ1v) is 8.20. The number of hydrogen-bond donors (Lipinski definition) is 1. The van der Waals surface area contributed by atoms with Crippen molar-refractivity contribution in [2.24, 2.45) is 5.10 Å². The molecule has 0 saturated heterocycles. The fourth-order valence-corrected chi connectivity index (χ4v) is 2.62. The fourth-order valence-electron chi connectivity index (χ4n) is 2.62. The van der Waals surface area contributed by atoms with Crippen molar-refractivity contribution in [2.75, 3.05) is 13.2 Å². The van der Waals surface area contributed by atoms with Crippen LogP contribution in [-0.2, 0) is 31.7 Å². The molecule has 0 radical (unpaired) electrons. The molecule has 146 valence electrons. The fraction of sp³-hybridized carbons (Fsp3) is 0.389. The summed E-state index contributed by atoms with van der Waals surface area (Å²) in [6, 6.07) is 4.33. The molecule has 1 aromatic rings. The molecule has 1 aromatic carbocycles. The van der Waals surface area contributed by atoms with Gasteiger partial charge in [0.05, 0.1) is 18.8 Å². The van der Waals surface area contributed by atoms with Crippen LogP contribution in [0.4, 0.5) is 13.2 Å². The molecule has 1 N–H and O–H groups in total. The molecular weight excluding hydrogens is 365 g/mol. The molecule has 0 aliphatic carbocycles. The zero-order valence-electron chi connectivity index (χ0n) is 14.9. The van der Waals surface area contributed by atoms with E-state index < -0.39 is 29.2 Å². The standard InChI is InChI=1S/C18H19F3N2O4/c1-4-26-15(24)14-11(3)17(23-22-14,16(25)27-5-2)10-12-6-8-13(9-7-12)18(19,20)21/h6-9,23H,3-5,10H2,1-2H3. The number of alkyl halides is 3. The SMILES string of the molecule is C=C1C(C(=O)OCC)=NNC1(Cc1ccc(C(F)(F)F)cc1)C(=O)OCC. The van der Waals surface area contributed by atoms with Crippen molar-refractivity contribution in [2.45, 2.75) is 32.0 Å². The van der Waals surface area contributed by atoms with Crippen molar-refractivity contribution < 1.29 is 32.2 Å². The third-order valence-electron chi connectivity index (χ3n) is 4.00. The lowest BCUT2D eigenvalue weighted by molar-refractivity contribution is -0.149. The Labute approximate surface area is 154 Å². The van der Waals surface area contributed by atoms with Gasteiger partial charge in [-0.25, -0.2) is 9.59 Å². The number of halogens is 3. The average molecular weight is 384 g/mol. The van der Waals surface area contributed by atoms with Gasteiger partial charge in [-0.1, -0.05) is 18.7 Å². The van der Waals surface area contributed by atoms with Gasteiger partial charge in [0.15, 0.2) is 11.3 Å². The van der Waals surface area contributed by atoms with Gasteiger partial charge in [-0.3, -0.25) is 5.43 Å². The van der Waals surface area contributed by atoms with Crippen LogP contribution < -0.4 is 5.43 Å². The predicted octanol–water partition coefficient (Wildman–Crippen LogP) is 2.63. The van der Waals surface area contributed by atoms with E-state index in [0.717, 1.165) is 12.1 Å². The van der Waals surface area contributed by atoms with Gasteiger partial charge in [0.2, 0.25) is 0 Å². The number of hydrazone groups is 1. The molecule has 0 saturated carbocycles. The summed E-state index contributed by atoms with van der Waals surface area (Å²) in [6.45, 7) is 7.17. The van der Waals surface area contributed by atoms with E-state index in [2.05, 4.69) is 17.1 Å². The number of esters is 2. The van der Waals surface area contributed by atoms with Crippen LogP contribution in [0.2, 0.25) is 0 Å². The molecular formula is C18H19F3N2O4. The van der Waals surface area contributed by atoms with Gasteiger partial charge in [-0.2, -0.15) is 18.3 Å². The third-order valence-corrected chi connectivity index (χ3v) is 4.00. The van der Waals surface area contributed by atoms with Gasteiger partial charge in [-0.05, 0) is 31.5 Å². The van der Waals surface area contributed by atoms with E-state index in [9.17, 15) is 22.8 Å². The van der Waals surface area contributed by atoms with Gasteiger partial charge < -0.3 is 9.47 Å². The quantitative estimate of drug-likeness (QED) is 0.763. The highest BCUT2D eigenvalue weighted by molar-refractivity contribution is 6.45. The van der Waals surface area contributed by atoms with Crippen LogP contribution in [0.15, 0.2) is 41.5 Å². The number of benzene rings is 1. The molecule has 0 fully saturated rings. The van der Waals surface area contributed by atoms with Crippen molar-refractivity contribution in [3.63, 3.8) is 0 Å². The normalized spacial score (nSPS) is 19.3. The van der Waals surface area contributed by atoms with Crippen LogP contribution in [0.1, 0.15) is 25.0 Å². The van der Waals surface area contributed by atoms with E-state index >= 15 is 0 Å². The van der Waals surface area contributed by atoms with E-state index in [1.807, 2.05) is 0 Å². The molecule has 9 heteroatoms. The first-order valence-electron chi connectivity index (χ1n) is 8.20. The predicted molar refractivity (Wildman–Crippen MR) is 90.9 cm³/mol. The molecule has 0 bridgehead atoms. The molecule has 6 nitrogen and oxygen atoms in total. The smallest absolute Gasteiger partial charge is 0.416 e. The van der Waals surface area contributed by atoms with E-state index in [0.29, 0.717) is 5.56 Å². The Morgan fingerprint density at radius 3 is 2.26 bits per heavy atom. The second-order valence-corrected chi connectivity index (χ2v) is 5.77. The number of nitrogens with zero attached hydrogens (tertiary/aromatic N) is 1. The third kappa shape index (κ3) is 4.12. The monoisotopic (exact) mass is 384 g/mol. The Morgan fingerprint density at radius 1 is 1.15 bits per heavy atom. The maximum absolute atomic E-state index is 12.7. The summed E-state index contributed by atoms with van der Waals surface area (Å²) in [4.78, 5) is 24.6. The number of rotatable bonds is 6.